The summed E-state index contributed by atoms with van der Waals surface area (Å²) < 4.78 is 0.925. The molecule has 1 aromatic carbocycles. The number of carbonyl (C=O) groups excluding carboxylic acids is 2. The van der Waals surface area contributed by atoms with Crippen molar-refractivity contribution in [2.75, 3.05) is 13.1 Å². The molecule has 0 aromatic heterocycles. The Morgan fingerprint density at radius 2 is 1.42 bits per heavy atom. The van der Waals surface area contributed by atoms with Crippen molar-refractivity contribution >= 4 is 45.8 Å². The van der Waals surface area contributed by atoms with E-state index < -0.39 is 42.4 Å². The highest BCUT2D eigenvalue weighted by Gasteiger charge is 2.25. The maximum absolute atomic E-state index is 12.9. The summed E-state index contributed by atoms with van der Waals surface area (Å²) in [6.07, 6.45) is 2.97. The van der Waals surface area contributed by atoms with Gasteiger partial charge in [-0.1, -0.05) is 34.5 Å². The first kappa shape index (κ1) is 32.8. The molecule has 12 nitrogen and oxygen atoms in total. The van der Waals surface area contributed by atoms with E-state index in [2.05, 4.69) is 26.6 Å². The third-order valence-corrected chi connectivity index (χ3v) is 6.29. The van der Waals surface area contributed by atoms with E-state index in [1.54, 1.807) is 4.90 Å². The Morgan fingerprint density at radius 1 is 0.816 bits per heavy atom. The van der Waals surface area contributed by atoms with Gasteiger partial charge in [0.25, 0.3) is 0 Å². The molecule has 0 aliphatic rings. The molecule has 0 aliphatic heterocycles. The zero-order valence-electron chi connectivity index (χ0n) is 21.2. The van der Waals surface area contributed by atoms with E-state index in [4.69, 9.17) is 15.9 Å². The standard InChI is InChI=1S/C25H37BrN4O8/c26-18-10-8-17(9-11-18)16-30(21(31)7-2-1-4-14-27)15-5-3-6-19(23(34)35)28-25(38)29-20(24(36)37)12-13-22(32)33/h8-11,19-20H,1-7,12-16,27H2,(H,32,33)(H,34,35)(H,36,37)(H2,28,29,38). The SMILES string of the molecule is NCCCCCC(=O)N(CCCCC(NC(=O)NC(CCC(=O)O)C(=O)O)C(=O)O)Cc1ccc(Br)cc1. The van der Waals surface area contributed by atoms with Gasteiger partial charge in [-0.25, -0.2) is 14.4 Å². The fraction of sp³-hybridized carbons (Fsp3) is 0.560. The number of carbonyl (C=O) groups is 5. The van der Waals surface area contributed by atoms with Gasteiger partial charge in [-0.3, -0.25) is 9.59 Å². The minimum Gasteiger partial charge on any atom is -0.481 e. The van der Waals surface area contributed by atoms with Crippen LogP contribution in [0.3, 0.4) is 0 Å². The van der Waals surface area contributed by atoms with E-state index in [1.165, 1.54) is 0 Å². The first-order chi connectivity index (χ1) is 18.0. The number of urea groups is 1. The number of carboxylic acids is 3. The molecular formula is C25H37BrN4O8. The van der Waals surface area contributed by atoms with Crippen LogP contribution in [0.5, 0.6) is 0 Å². The van der Waals surface area contributed by atoms with Crippen LogP contribution in [0, 0.1) is 0 Å². The van der Waals surface area contributed by atoms with Crippen LogP contribution >= 0.6 is 15.9 Å². The topological polar surface area (TPSA) is 199 Å². The van der Waals surface area contributed by atoms with Crippen molar-refractivity contribution in [3.63, 3.8) is 0 Å². The van der Waals surface area contributed by atoms with Gasteiger partial charge in [-0.2, -0.15) is 0 Å². The van der Waals surface area contributed by atoms with Crippen LogP contribution in [-0.4, -0.2) is 75.2 Å². The van der Waals surface area contributed by atoms with Gasteiger partial charge < -0.3 is 36.6 Å². The number of nitrogens with zero attached hydrogens (tertiary/aromatic N) is 1. The second kappa shape index (κ2) is 18.1. The zero-order valence-corrected chi connectivity index (χ0v) is 22.8. The van der Waals surface area contributed by atoms with Crippen molar-refractivity contribution in [2.24, 2.45) is 5.73 Å². The molecule has 1 rings (SSSR count). The average Bonchev–Trinajstić information content (AvgIpc) is 2.86. The largest absolute Gasteiger partial charge is 0.481 e. The second-order valence-electron chi connectivity index (χ2n) is 8.87. The third kappa shape index (κ3) is 13.9. The summed E-state index contributed by atoms with van der Waals surface area (Å²) in [4.78, 5) is 60.3. The van der Waals surface area contributed by atoms with E-state index in [1.807, 2.05) is 24.3 Å². The summed E-state index contributed by atoms with van der Waals surface area (Å²) in [6, 6.07) is 3.86. The normalized spacial score (nSPS) is 12.3. The molecule has 0 spiro atoms. The van der Waals surface area contributed by atoms with Crippen LogP contribution in [0.25, 0.3) is 0 Å². The monoisotopic (exact) mass is 600 g/mol. The molecule has 7 N–H and O–H groups in total. The number of amides is 3. The Bertz CT molecular complexity index is 928. The van der Waals surface area contributed by atoms with Gasteiger partial charge in [-0.05, 0) is 62.8 Å². The smallest absolute Gasteiger partial charge is 0.326 e. The number of unbranched alkanes of at least 4 members (excludes halogenated alkanes) is 3. The van der Waals surface area contributed by atoms with Crippen LogP contribution in [0.1, 0.15) is 63.4 Å². The zero-order chi connectivity index (χ0) is 28.5. The minimum atomic E-state index is -1.47. The molecule has 0 fully saturated rings. The molecule has 0 aliphatic carbocycles. The van der Waals surface area contributed by atoms with Gasteiger partial charge >= 0.3 is 23.9 Å². The summed E-state index contributed by atoms with van der Waals surface area (Å²) in [5.41, 5.74) is 6.48. The predicted molar refractivity (Wildman–Crippen MR) is 142 cm³/mol. The van der Waals surface area contributed by atoms with Gasteiger partial charge in [-0.15, -0.1) is 0 Å². The molecular weight excluding hydrogens is 564 g/mol. The summed E-state index contributed by atoms with van der Waals surface area (Å²) in [5, 5.41) is 31.7. The van der Waals surface area contributed by atoms with Crippen LogP contribution in [0.4, 0.5) is 4.79 Å². The molecule has 212 valence electrons. The quantitative estimate of drug-likeness (QED) is 0.129. The number of benzene rings is 1. The molecule has 3 amide bonds. The Balaban J connectivity index is 2.66. The molecule has 38 heavy (non-hydrogen) atoms. The highest BCUT2D eigenvalue weighted by atomic mass is 79.9. The first-order valence-electron chi connectivity index (χ1n) is 12.5. The maximum atomic E-state index is 12.9. The molecule has 0 bridgehead atoms. The molecule has 2 atom stereocenters. The lowest BCUT2D eigenvalue weighted by Crippen LogP contribution is -2.51. The molecule has 0 heterocycles. The van der Waals surface area contributed by atoms with Gasteiger partial charge in [0.05, 0.1) is 0 Å². The Kier molecular flexibility index (Phi) is 15.7. The van der Waals surface area contributed by atoms with Gasteiger partial charge in [0.1, 0.15) is 12.1 Å². The first-order valence-corrected chi connectivity index (χ1v) is 13.3. The number of rotatable bonds is 19. The van der Waals surface area contributed by atoms with E-state index in [9.17, 15) is 29.1 Å². The predicted octanol–water partition coefficient (Wildman–Crippen LogP) is 2.54. The fourth-order valence-corrected chi connectivity index (χ4v) is 3.91. The van der Waals surface area contributed by atoms with Crippen LogP contribution in [-0.2, 0) is 25.7 Å². The Hall–Kier alpha value is -3.19. The number of carboxylic acid groups (broad SMARTS) is 3. The van der Waals surface area contributed by atoms with Crippen LogP contribution in [0.2, 0.25) is 0 Å². The van der Waals surface area contributed by atoms with Crippen molar-refractivity contribution in [3.8, 4) is 0 Å². The molecule has 13 heteroatoms. The van der Waals surface area contributed by atoms with Crippen LogP contribution < -0.4 is 16.4 Å². The third-order valence-electron chi connectivity index (χ3n) is 5.76. The van der Waals surface area contributed by atoms with Crippen molar-refractivity contribution in [2.45, 2.75) is 76.4 Å². The highest BCUT2D eigenvalue weighted by Crippen LogP contribution is 2.15. The highest BCUT2D eigenvalue weighted by molar-refractivity contribution is 9.10. The van der Waals surface area contributed by atoms with Crippen LogP contribution in [0.15, 0.2) is 28.7 Å². The Labute approximate surface area is 230 Å². The van der Waals surface area contributed by atoms with E-state index in [0.717, 1.165) is 29.3 Å². The lowest BCUT2D eigenvalue weighted by atomic mass is 10.1. The fourth-order valence-electron chi connectivity index (χ4n) is 3.65. The van der Waals surface area contributed by atoms with Crippen molar-refractivity contribution in [1.29, 1.82) is 0 Å². The van der Waals surface area contributed by atoms with Gasteiger partial charge in [0.15, 0.2) is 0 Å². The molecule has 0 radical (unpaired) electrons. The lowest BCUT2D eigenvalue weighted by molar-refractivity contribution is -0.140. The molecule has 0 saturated carbocycles. The molecule has 0 saturated heterocycles. The number of aliphatic carboxylic acids is 3. The minimum absolute atomic E-state index is 0.00157. The second-order valence-corrected chi connectivity index (χ2v) is 9.78. The van der Waals surface area contributed by atoms with Crippen molar-refractivity contribution in [1.82, 2.24) is 15.5 Å². The van der Waals surface area contributed by atoms with E-state index in [-0.39, 0.29) is 18.7 Å². The summed E-state index contributed by atoms with van der Waals surface area (Å²) in [7, 11) is 0. The molecule has 2 unspecified atom stereocenters. The van der Waals surface area contributed by atoms with E-state index >= 15 is 0 Å². The molecule has 1 aromatic rings. The number of nitrogens with one attached hydrogen (secondary N) is 2. The summed E-state index contributed by atoms with van der Waals surface area (Å²) >= 11 is 3.39. The number of hydrogen-bond acceptors (Lipinski definition) is 6. The van der Waals surface area contributed by atoms with E-state index in [0.29, 0.717) is 38.9 Å². The number of hydrogen-bond donors (Lipinski definition) is 6. The number of nitrogens with two attached hydrogens (primary N) is 1. The average molecular weight is 601 g/mol. The summed E-state index contributed by atoms with van der Waals surface area (Å²) in [5.74, 6) is -3.93. The lowest BCUT2D eigenvalue weighted by Gasteiger charge is -2.24. The van der Waals surface area contributed by atoms with Crippen molar-refractivity contribution < 1.29 is 39.3 Å². The summed E-state index contributed by atoms with van der Waals surface area (Å²) in [6.45, 7) is 1.40. The maximum Gasteiger partial charge on any atom is 0.326 e. The van der Waals surface area contributed by atoms with Gasteiger partial charge in [0, 0.05) is 30.4 Å². The number of halogens is 1. The van der Waals surface area contributed by atoms with Crippen molar-refractivity contribution in [3.05, 3.63) is 34.3 Å². The Morgan fingerprint density at radius 3 is 1.97 bits per heavy atom. The van der Waals surface area contributed by atoms with Gasteiger partial charge in [0.2, 0.25) is 5.91 Å².